The highest BCUT2D eigenvalue weighted by molar-refractivity contribution is 5.46. The summed E-state index contributed by atoms with van der Waals surface area (Å²) in [6, 6.07) is 5.22. The van der Waals surface area contributed by atoms with Gasteiger partial charge in [-0.2, -0.15) is 8.78 Å². The lowest BCUT2D eigenvalue weighted by atomic mass is 10.1. The summed E-state index contributed by atoms with van der Waals surface area (Å²) in [5, 5.41) is 3.25. The summed E-state index contributed by atoms with van der Waals surface area (Å²) in [6.45, 7) is 0.108. The number of nitrogens with one attached hydrogen (secondary N) is 1. The van der Waals surface area contributed by atoms with Gasteiger partial charge in [0.1, 0.15) is 0 Å². The minimum Gasteiger partial charge on any atom is -0.493 e. The lowest BCUT2D eigenvalue weighted by Gasteiger charge is -2.18. The van der Waals surface area contributed by atoms with Crippen molar-refractivity contribution in [1.82, 2.24) is 5.32 Å². The van der Waals surface area contributed by atoms with E-state index < -0.39 is 6.61 Å². The number of ether oxygens (including phenoxy) is 3. The van der Waals surface area contributed by atoms with Gasteiger partial charge in [-0.25, -0.2) is 0 Å². The van der Waals surface area contributed by atoms with Crippen LogP contribution in [0, 0.1) is 0 Å². The molecule has 114 valence electrons. The van der Waals surface area contributed by atoms with Gasteiger partial charge in [0, 0.05) is 25.3 Å². The van der Waals surface area contributed by atoms with E-state index >= 15 is 0 Å². The van der Waals surface area contributed by atoms with Gasteiger partial charge in [-0.15, -0.1) is 0 Å². The molecule has 1 N–H and O–H groups in total. The Bertz CT molecular complexity index is 402. The van der Waals surface area contributed by atoms with E-state index in [0.29, 0.717) is 24.5 Å². The lowest BCUT2D eigenvalue weighted by Crippen LogP contribution is -2.32. The molecule has 6 heteroatoms. The quantitative estimate of drug-likeness (QED) is 0.759. The highest BCUT2D eigenvalue weighted by Gasteiger charge is 2.16. The summed E-state index contributed by atoms with van der Waals surface area (Å²) >= 11 is 0. The average molecular weight is 289 g/mol. The van der Waals surface area contributed by atoms with Gasteiger partial charge < -0.3 is 19.5 Å². The SMILES string of the molecule is CCC(COC)NCc1cccc(OC)c1OC(F)F. The molecule has 1 rings (SSSR count). The van der Waals surface area contributed by atoms with E-state index in [1.165, 1.54) is 7.11 Å². The van der Waals surface area contributed by atoms with Crippen molar-refractivity contribution in [2.75, 3.05) is 20.8 Å². The van der Waals surface area contributed by atoms with Crippen LogP contribution in [0.4, 0.5) is 8.78 Å². The fraction of sp³-hybridized carbons (Fsp3) is 0.571. The molecule has 1 aromatic carbocycles. The van der Waals surface area contributed by atoms with E-state index in [0.717, 1.165) is 6.42 Å². The van der Waals surface area contributed by atoms with Gasteiger partial charge in [0.15, 0.2) is 11.5 Å². The Morgan fingerprint density at radius 1 is 1.25 bits per heavy atom. The van der Waals surface area contributed by atoms with E-state index in [1.807, 2.05) is 6.92 Å². The van der Waals surface area contributed by atoms with Crippen LogP contribution in [0.1, 0.15) is 18.9 Å². The third-order valence-electron chi connectivity index (χ3n) is 2.93. The molecular formula is C14H21F2NO3. The summed E-state index contributed by atoms with van der Waals surface area (Å²) in [5.74, 6) is 0.370. The van der Waals surface area contributed by atoms with Crippen molar-refractivity contribution in [1.29, 1.82) is 0 Å². The normalized spacial score (nSPS) is 12.5. The second-order valence-corrected chi connectivity index (χ2v) is 4.27. The van der Waals surface area contributed by atoms with Gasteiger partial charge >= 0.3 is 6.61 Å². The minimum absolute atomic E-state index is 0.0739. The summed E-state index contributed by atoms with van der Waals surface area (Å²) in [4.78, 5) is 0. The van der Waals surface area contributed by atoms with E-state index in [-0.39, 0.29) is 11.8 Å². The molecule has 0 radical (unpaired) electrons. The Kier molecular flexibility index (Phi) is 7.25. The molecule has 1 aromatic rings. The maximum absolute atomic E-state index is 12.5. The molecule has 0 aliphatic carbocycles. The summed E-state index contributed by atoms with van der Waals surface area (Å²) < 4.78 is 39.7. The zero-order valence-electron chi connectivity index (χ0n) is 12.0. The number of halogens is 2. The lowest BCUT2D eigenvalue weighted by molar-refractivity contribution is -0.0519. The van der Waals surface area contributed by atoms with Crippen LogP contribution in [0.15, 0.2) is 18.2 Å². The Morgan fingerprint density at radius 2 is 2.00 bits per heavy atom. The van der Waals surface area contributed by atoms with Crippen LogP contribution in [-0.2, 0) is 11.3 Å². The van der Waals surface area contributed by atoms with Crippen molar-refractivity contribution < 1.29 is 23.0 Å². The van der Waals surface area contributed by atoms with E-state index in [4.69, 9.17) is 9.47 Å². The maximum atomic E-state index is 12.5. The molecule has 0 amide bonds. The Hall–Kier alpha value is -1.40. The molecule has 0 aliphatic rings. The number of benzene rings is 1. The zero-order chi connectivity index (χ0) is 15.0. The number of methoxy groups -OCH3 is 2. The number of hydrogen-bond donors (Lipinski definition) is 1. The predicted octanol–water partition coefficient (Wildman–Crippen LogP) is 2.81. The van der Waals surface area contributed by atoms with Crippen LogP contribution in [0.2, 0.25) is 0 Å². The van der Waals surface area contributed by atoms with Crippen molar-refractivity contribution >= 4 is 0 Å². The van der Waals surface area contributed by atoms with Gasteiger partial charge in [0.05, 0.1) is 13.7 Å². The minimum atomic E-state index is -2.88. The van der Waals surface area contributed by atoms with Crippen LogP contribution < -0.4 is 14.8 Å². The van der Waals surface area contributed by atoms with Crippen LogP contribution in [-0.4, -0.2) is 33.5 Å². The second kappa shape index (κ2) is 8.71. The van der Waals surface area contributed by atoms with Crippen LogP contribution in [0.5, 0.6) is 11.5 Å². The van der Waals surface area contributed by atoms with Gasteiger partial charge in [-0.1, -0.05) is 19.1 Å². The fourth-order valence-electron chi connectivity index (χ4n) is 1.86. The van der Waals surface area contributed by atoms with Gasteiger partial charge in [-0.3, -0.25) is 0 Å². The van der Waals surface area contributed by atoms with Gasteiger partial charge in [-0.05, 0) is 12.5 Å². The molecular weight excluding hydrogens is 268 g/mol. The molecule has 20 heavy (non-hydrogen) atoms. The van der Waals surface area contributed by atoms with Crippen molar-refractivity contribution in [3.8, 4) is 11.5 Å². The molecule has 0 fully saturated rings. The first-order valence-electron chi connectivity index (χ1n) is 6.45. The van der Waals surface area contributed by atoms with Gasteiger partial charge in [0.2, 0.25) is 0 Å². The molecule has 0 bridgehead atoms. The van der Waals surface area contributed by atoms with E-state index in [9.17, 15) is 8.78 Å². The molecule has 1 atom stereocenters. The highest BCUT2D eigenvalue weighted by Crippen LogP contribution is 2.32. The van der Waals surface area contributed by atoms with Crippen LogP contribution in [0.25, 0.3) is 0 Å². The number of rotatable bonds is 9. The number of alkyl halides is 2. The third-order valence-corrected chi connectivity index (χ3v) is 2.93. The summed E-state index contributed by atoms with van der Waals surface area (Å²) in [6.07, 6.45) is 0.878. The van der Waals surface area contributed by atoms with Crippen molar-refractivity contribution in [3.05, 3.63) is 23.8 Å². The smallest absolute Gasteiger partial charge is 0.387 e. The standard InChI is InChI=1S/C14H21F2NO3/c1-4-11(9-18-2)17-8-10-6-5-7-12(19-3)13(10)20-14(15)16/h5-7,11,14,17H,4,8-9H2,1-3H3. The molecule has 1 unspecified atom stereocenters. The molecule has 0 aromatic heterocycles. The molecule has 0 aliphatic heterocycles. The molecule has 0 saturated carbocycles. The average Bonchev–Trinajstić information content (AvgIpc) is 2.44. The van der Waals surface area contributed by atoms with Gasteiger partial charge in [0.25, 0.3) is 0 Å². The van der Waals surface area contributed by atoms with Crippen LogP contribution >= 0.6 is 0 Å². The largest absolute Gasteiger partial charge is 0.493 e. The first kappa shape index (κ1) is 16.7. The Labute approximate surface area is 118 Å². The fourth-order valence-corrected chi connectivity index (χ4v) is 1.86. The van der Waals surface area contributed by atoms with E-state index in [1.54, 1.807) is 25.3 Å². The van der Waals surface area contributed by atoms with E-state index in [2.05, 4.69) is 10.1 Å². The van der Waals surface area contributed by atoms with Crippen molar-refractivity contribution in [2.45, 2.75) is 32.5 Å². The zero-order valence-corrected chi connectivity index (χ0v) is 12.0. The second-order valence-electron chi connectivity index (χ2n) is 4.27. The number of hydrogen-bond acceptors (Lipinski definition) is 4. The van der Waals surface area contributed by atoms with Crippen molar-refractivity contribution in [3.63, 3.8) is 0 Å². The van der Waals surface area contributed by atoms with Crippen LogP contribution in [0.3, 0.4) is 0 Å². The predicted molar refractivity (Wildman–Crippen MR) is 72.4 cm³/mol. The highest BCUT2D eigenvalue weighted by atomic mass is 19.3. The topological polar surface area (TPSA) is 39.7 Å². The molecule has 4 nitrogen and oxygen atoms in total. The van der Waals surface area contributed by atoms with Crippen molar-refractivity contribution in [2.24, 2.45) is 0 Å². The monoisotopic (exact) mass is 289 g/mol. The summed E-state index contributed by atoms with van der Waals surface area (Å²) in [7, 11) is 3.05. The molecule has 0 saturated heterocycles. The first-order chi connectivity index (χ1) is 9.62. The molecule has 0 spiro atoms. The Morgan fingerprint density at radius 3 is 2.55 bits per heavy atom. The summed E-state index contributed by atoms with van der Waals surface area (Å²) in [5.41, 5.74) is 0.624. The Balaban J connectivity index is 2.82. The molecule has 0 heterocycles. The number of para-hydroxylation sites is 1. The third kappa shape index (κ3) is 4.94. The maximum Gasteiger partial charge on any atom is 0.387 e. The first-order valence-corrected chi connectivity index (χ1v) is 6.45.